The maximum absolute atomic E-state index is 13.2. The largest absolute Gasteiger partial charge is 0.501 e. The molecule has 0 fully saturated rings. The average molecular weight is 261 g/mol. The van der Waals surface area contributed by atoms with Gasteiger partial charge in [0.05, 0.1) is 10.5 Å². The molecular weight excluding hydrogens is 253 g/mol. The van der Waals surface area contributed by atoms with Crippen LogP contribution in [0.5, 0.6) is 5.75 Å². The Bertz CT molecular complexity index is 655. The van der Waals surface area contributed by atoms with Gasteiger partial charge in [-0.2, -0.15) is 4.39 Å². The van der Waals surface area contributed by atoms with E-state index in [1.54, 1.807) is 18.2 Å². The summed E-state index contributed by atoms with van der Waals surface area (Å²) in [5.41, 5.74) is -1.15. The van der Waals surface area contributed by atoms with Gasteiger partial charge < -0.3 is 5.11 Å². The summed E-state index contributed by atoms with van der Waals surface area (Å²) in [7, 11) is 0. The maximum atomic E-state index is 13.2. The molecule has 0 amide bonds. The molecule has 96 valence electrons. The van der Waals surface area contributed by atoms with E-state index in [1.807, 2.05) is 0 Å². The van der Waals surface area contributed by atoms with Gasteiger partial charge in [0.25, 0.3) is 0 Å². The molecule has 2 aromatic rings. The molecule has 5 nitrogen and oxygen atoms in total. The SMILES string of the molecule is O=C(c1ccccc1)c1ccc(F)c([N+](=O)[O-])c1O. The molecule has 0 saturated heterocycles. The number of aromatic hydroxyl groups is 1. The quantitative estimate of drug-likeness (QED) is 0.523. The minimum atomic E-state index is -1.19. The number of rotatable bonds is 3. The molecule has 0 heterocycles. The van der Waals surface area contributed by atoms with Crippen molar-refractivity contribution in [3.63, 3.8) is 0 Å². The smallest absolute Gasteiger partial charge is 0.346 e. The third-order valence-corrected chi connectivity index (χ3v) is 2.57. The number of ketones is 1. The van der Waals surface area contributed by atoms with Crippen LogP contribution in [-0.2, 0) is 0 Å². The van der Waals surface area contributed by atoms with E-state index in [0.29, 0.717) is 0 Å². The van der Waals surface area contributed by atoms with E-state index < -0.39 is 28.0 Å². The topological polar surface area (TPSA) is 80.4 Å². The van der Waals surface area contributed by atoms with Gasteiger partial charge in [0.1, 0.15) is 0 Å². The Morgan fingerprint density at radius 3 is 2.37 bits per heavy atom. The summed E-state index contributed by atoms with van der Waals surface area (Å²) in [5.74, 6) is -2.76. The first-order chi connectivity index (χ1) is 9.02. The highest BCUT2D eigenvalue weighted by Crippen LogP contribution is 2.33. The summed E-state index contributed by atoms with van der Waals surface area (Å²) < 4.78 is 13.2. The van der Waals surface area contributed by atoms with E-state index in [1.165, 1.54) is 12.1 Å². The molecule has 0 aliphatic carbocycles. The summed E-state index contributed by atoms with van der Waals surface area (Å²) in [6, 6.07) is 9.73. The van der Waals surface area contributed by atoms with Crippen molar-refractivity contribution in [1.82, 2.24) is 0 Å². The van der Waals surface area contributed by atoms with Crippen molar-refractivity contribution < 1.29 is 19.2 Å². The lowest BCUT2D eigenvalue weighted by Gasteiger charge is -2.05. The predicted octanol–water partition coefficient (Wildman–Crippen LogP) is 2.67. The van der Waals surface area contributed by atoms with Crippen LogP contribution in [0, 0.1) is 15.9 Å². The van der Waals surface area contributed by atoms with Gasteiger partial charge in [-0.25, -0.2) is 0 Å². The average Bonchev–Trinajstić information content (AvgIpc) is 2.39. The highest BCUT2D eigenvalue weighted by atomic mass is 19.1. The van der Waals surface area contributed by atoms with Gasteiger partial charge >= 0.3 is 5.69 Å². The maximum Gasteiger partial charge on any atom is 0.346 e. The number of nitro benzene ring substituents is 1. The van der Waals surface area contributed by atoms with Crippen molar-refractivity contribution in [3.05, 3.63) is 69.5 Å². The van der Waals surface area contributed by atoms with E-state index >= 15 is 0 Å². The van der Waals surface area contributed by atoms with Crippen molar-refractivity contribution >= 4 is 11.5 Å². The van der Waals surface area contributed by atoms with Crippen LogP contribution in [-0.4, -0.2) is 15.8 Å². The van der Waals surface area contributed by atoms with Gasteiger partial charge in [-0.05, 0) is 12.1 Å². The molecule has 0 radical (unpaired) electrons. The van der Waals surface area contributed by atoms with Crippen molar-refractivity contribution in [2.75, 3.05) is 0 Å². The monoisotopic (exact) mass is 261 g/mol. The van der Waals surface area contributed by atoms with Crippen LogP contribution < -0.4 is 0 Å². The molecule has 0 aliphatic heterocycles. The standard InChI is InChI=1S/C13H8FNO4/c14-10-7-6-9(13(17)11(10)15(18)19)12(16)8-4-2-1-3-5-8/h1-7,17H. The zero-order chi connectivity index (χ0) is 14.0. The Morgan fingerprint density at radius 2 is 1.79 bits per heavy atom. The number of carbonyl (C=O) groups is 1. The molecule has 19 heavy (non-hydrogen) atoms. The normalized spacial score (nSPS) is 10.2. The highest BCUT2D eigenvalue weighted by Gasteiger charge is 2.26. The van der Waals surface area contributed by atoms with Crippen molar-refractivity contribution in [3.8, 4) is 5.75 Å². The minimum absolute atomic E-state index is 0.249. The molecule has 0 aromatic heterocycles. The van der Waals surface area contributed by atoms with Gasteiger partial charge in [0.15, 0.2) is 5.78 Å². The Kier molecular flexibility index (Phi) is 3.24. The predicted molar refractivity (Wildman–Crippen MR) is 64.6 cm³/mol. The first kappa shape index (κ1) is 12.7. The molecule has 0 bridgehead atoms. The third-order valence-electron chi connectivity index (χ3n) is 2.57. The first-order valence-electron chi connectivity index (χ1n) is 5.28. The van der Waals surface area contributed by atoms with Crippen molar-refractivity contribution in [2.24, 2.45) is 0 Å². The fourth-order valence-electron chi connectivity index (χ4n) is 1.66. The summed E-state index contributed by atoms with van der Waals surface area (Å²) in [5, 5.41) is 20.3. The Labute approximate surface area is 107 Å². The van der Waals surface area contributed by atoms with Crippen LogP contribution >= 0.6 is 0 Å². The number of hydrogen-bond donors (Lipinski definition) is 1. The van der Waals surface area contributed by atoms with Gasteiger partial charge in [0.2, 0.25) is 11.6 Å². The third kappa shape index (κ3) is 2.28. The summed E-state index contributed by atoms with van der Waals surface area (Å²) in [6.45, 7) is 0. The van der Waals surface area contributed by atoms with Crippen LogP contribution in [0.1, 0.15) is 15.9 Å². The molecule has 2 rings (SSSR count). The van der Waals surface area contributed by atoms with Crippen LogP contribution in [0.2, 0.25) is 0 Å². The van der Waals surface area contributed by atoms with E-state index in [-0.39, 0.29) is 11.1 Å². The second kappa shape index (κ2) is 4.85. The van der Waals surface area contributed by atoms with Gasteiger partial charge in [-0.15, -0.1) is 0 Å². The van der Waals surface area contributed by atoms with Crippen molar-refractivity contribution in [2.45, 2.75) is 0 Å². The summed E-state index contributed by atoms with van der Waals surface area (Å²) in [4.78, 5) is 21.6. The molecule has 0 atom stereocenters. The number of halogens is 1. The van der Waals surface area contributed by atoms with Crippen molar-refractivity contribution in [1.29, 1.82) is 0 Å². The number of phenolic OH excluding ortho intramolecular Hbond substituents is 1. The fraction of sp³-hybridized carbons (Fsp3) is 0. The number of nitro groups is 1. The molecule has 0 unspecified atom stereocenters. The zero-order valence-corrected chi connectivity index (χ0v) is 9.54. The molecule has 0 spiro atoms. The lowest BCUT2D eigenvalue weighted by Crippen LogP contribution is -2.04. The molecule has 0 saturated carbocycles. The molecule has 2 aromatic carbocycles. The highest BCUT2D eigenvalue weighted by molar-refractivity contribution is 6.11. The van der Waals surface area contributed by atoms with Gasteiger partial charge in [0, 0.05) is 5.56 Å². The second-order valence-corrected chi connectivity index (χ2v) is 3.74. The number of phenols is 1. The van der Waals surface area contributed by atoms with E-state index in [2.05, 4.69) is 0 Å². The van der Waals surface area contributed by atoms with Crippen LogP contribution in [0.4, 0.5) is 10.1 Å². The number of benzene rings is 2. The Balaban J connectivity index is 2.56. The van der Waals surface area contributed by atoms with E-state index in [0.717, 1.165) is 12.1 Å². The molecular formula is C13H8FNO4. The fourth-order valence-corrected chi connectivity index (χ4v) is 1.66. The molecule has 0 aliphatic rings. The lowest BCUT2D eigenvalue weighted by molar-refractivity contribution is -0.388. The summed E-state index contributed by atoms with van der Waals surface area (Å²) in [6.07, 6.45) is 0. The second-order valence-electron chi connectivity index (χ2n) is 3.74. The lowest BCUT2D eigenvalue weighted by atomic mass is 10.0. The number of carbonyl (C=O) groups excluding carboxylic acids is 1. The van der Waals surface area contributed by atoms with E-state index in [4.69, 9.17) is 0 Å². The van der Waals surface area contributed by atoms with Crippen LogP contribution in [0.3, 0.4) is 0 Å². The number of hydrogen-bond acceptors (Lipinski definition) is 4. The Morgan fingerprint density at radius 1 is 1.16 bits per heavy atom. The van der Waals surface area contributed by atoms with E-state index in [9.17, 15) is 24.4 Å². The molecule has 1 N–H and O–H groups in total. The van der Waals surface area contributed by atoms with Crippen LogP contribution in [0.15, 0.2) is 42.5 Å². The zero-order valence-electron chi connectivity index (χ0n) is 9.54. The minimum Gasteiger partial charge on any atom is -0.501 e. The van der Waals surface area contributed by atoms with Gasteiger partial charge in [-0.3, -0.25) is 14.9 Å². The first-order valence-corrected chi connectivity index (χ1v) is 5.28. The Hall–Kier alpha value is -2.76. The van der Waals surface area contributed by atoms with Crippen LogP contribution in [0.25, 0.3) is 0 Å². The van der Waals surface area contributed by atoms with Gasteiger partial charge in [-0.1, -0.05) is 30.3 Å². The summed E-state index contributed by atoms with van der Waals surface area (Å²) >= 11 is 0. The number of nitrogens with zero attached hydrogens (tertiary/aromatic N) is 1. The molecule has 6 heteroatoms.